The van der Waals surface area contributed by atoms with Gasteiger partial charge in [0.05, 0.1) is 6.10 Å². The third-order valence-corrected chi connectivity index (χ3v) is 16.3. The summed E-state index contributed by atoms with van der Waals surface area (Å²) in [6.45, 7) is 20.4. The van der Waals surface area contributed by atoms with Crippen LogP contribution in [-0.2, 0) is 28.2 Å². The van der Waals surface area contributed by atoms with Crippen molar-refractivity contribution >= 4 is 24.7 Å². The Hall–Kier alpha value is -2.29. The van der Waals surface area contributed by atoms with Gasteiger partial charge in [0.1, 0.15) is 12.2 Å². The smallest absolute Gasteiger partial charge is 0.302 e. The van der Waals surface area contributed by atoms with Crippen molar-refractivity contribution in [2.45, 2.75) is 123 Å². The van der Waals surface area contributed by atoms with Crippen LogP contribution in [0.5, 0.6) is 0 Å². The molecular formula is C40H58O6Si. The van der Waals surface area contributed by atoms with Gasteiger partial charge in [0, 0.05) is 37.7 Å². The number of esters is 1. The number of carbonyl (C=O) groups is 1. The summed E-state index contributed by atoms with van der Waals surface area (Å²) in [6, 6.07) is 21.7. The SMILES string of the molecule is CC[C@@H](CO[Si](c1ccccc1)(c1ccccc1)C(C)(C)C)[C@H]1O[C@@]2(C=CC[C@@]3(O[C@](CC)(COC(C)=O)C[C@H]3C)O2)[C@H](C)C[C@@H]1C. The van der Waals surface area contributed by atoms with E-state index < -0.39 is 25.5 Å². The van der Waals surface area contributed by atoms with Gasteiger partial charge in [-0.05, 0) is 53.1 Å². The fourth-order valence-corrected chi connectivity index (χ4v) is 13.2. The van der Waals surface area contributed by atoms with Gasteiger partial charge in [0.25, 0.3) is 8.32 Å². The average molecular weight is 663 g/mol. The fourth-order valence-electron chi connectivity index (χ4n) is 8.59. The van der Waals surface area contributed by atoms with Crippen molar-refractivity contribution in [2.24, 2.45) is 23.7 Å². The van der Waals surface area contributed by atoms with Gasteiger partial charge in [-0.1, -0.05) is 122 Å². The summed E-state index contributed by atoms with van der Waals surface area (Å²) in [6.07, 6.45) is 8.33. The Morgan fingerprint density at radius 3 is 2.11 bits per heavy atom. The lowest BCUT2D eigenvalue weighted by Gasteiger charge is -2.54. The van der Waals surface area contributed by atoms with Crippen LogP contribution in [-0.4, -0.2) is 50.8 Å². The standard InChI is InChI=1S/C40H58O6Si/c1-10-33(27-43-47(37(7,8)9,34-19-14-12-15-20-34)35-21-16-13-17-22-35)36-29(3)25-30(4)39(44-36)23-18-24-40(46-39)31(5)26-38(11-2,45-40)28-42-32(6)41/h12-23,29-31,33,36H,10-11,24-28H2,1-9H3/t29-,30+,31+,33-,36-,38-,39+,40+/m0/s1. The van der Waals surface area contributed by atoms with Crippen LogP contribution >= 0.6 is 0 Å². The summed E-state index contributed by atoms with van der Waals surface area (Å²) in [7, 11) is -2.70. The van der Waals surface area contributed by atoms with E-state index in [0.29, 0.717) is 18.9 Å². The first-order valence-electron chi connectivity index (χ1n) is 17.9. The molecule has 8 atom stereocenters. The molecule has 6 nitrogen and oxygen atoms in total. The highest BCUT2D eigenvalue weighted by atomic mass is 28.4. The Balaban J connectivity index is 1.43. The summed E-state index contributed by atoms with van der Waals surface area (Å²) in [5.74, 6) is -1.28. The van der Waals surface area contributed by atoms with E-state index in [9.17, 15) is 4.79 Å². The molecule has 2 saturated heterocycles. The second-order valence-corrected chi connectivity index (χ2v) is 19.9. The Morgan fingerprint density at radius 1 is 0.957 bits per heavy atom. The summed E-state index contributed by atoms with van der Waals surface area (Å²) in [5, 5.41) is 2.48. The van der Waals surface area contributed by atoms with Crippen LogP contribution in [0.15, 0.2) is 72.8 Å². The summed E-state index contributed by atoms with van der Waals surface area (Å²) < 4.78 is 34.3. The maximum absolute atomic E-state index is 11.7. The van der Waals surface area contributed by atoms with Crippen molar-refractivity contribution in [3.05, 3.63) is 72.8 Å². The monoisotopic (exact) mass is 662 g/mol. The van der Waals surface area contributed by atoms with Gasteiger partial charge in [0.15, 0.2) is 11.6 Å². The zero-order chi connectivity index (χ0) is 34.1. The molecule has 0 unspecified atom stereocenters. The largest absolute Gasteiger partial charge is 0.463 e. The quantitative estimate of drug-likeness (QED) is 0.147. The number of ether oxygens (including phenoxy) is 4. The second-order valence-electron chi connectivity index (χ2n) is 15.6. The van der Waals surface area contributed by atoms with Gasteiger partial charge in [-0.2, -0.15) is 0 Å². The molecule has 0 aliphatic carbocycles. The molecule has 3 aliphatic rings. The van der Waals surface area contributed by atoms with Crippen molar-refractivity contribution < 1.29 is 28.2 Å². The van der Waals surface area contributed by atoms with E-state index in [-0.39, 0.29) is 41.5 Å². The van der Waals surface area contributed by atoms with Crippen LogP contribution in [0.1, 0.15) is 94.4 Å². The van der Waals surface area contributed by atoms with Crippen molar-refractivity contribution in [1.82, 2.24) is 0 Å². The van der Waals surface area contributed by atoms with Crippen LogP contribution in [0, 0.1) is 23.7 Å². The first kappa shape index (κ1) is 36.0. The summed E-state index contributed by atoms with van der Waals surface area (Å²) in [5.41, 5.74) is -0.572. The van der Waals surface area contributed by atoms with Crippen LogP contribution in [0.2, 0.25) is 5.04 Å². The highest BCUT2D eigenvalue weighted by molar-refractivity contribution is 6.99. The third-order valence-electron chi connectivity index (χ3n) is 11.3. The number of hydrogen-bond acceptors (Lipinski definition) is 6. The Kier molecular flexibility index (Phi) is 10.7. The molecule has 2 spiro atoms. The first-order valence-corrected chi connectivity index (χ1v) is 19.8. The number of rotatable bonds is 10. The third kappa shape index (κ3) is 6.80. The molecule has 2 fully saturated rings. The Bertz CT molecular complexity index is 1330. The number of hydrogen-bond donors (Lipinski definition) is 0. The minimum atomic E-state index is -2.70. The van der Waals surface area contributed by atoms with Crippen LogP contribution in [0.4, 0.5) is 0 Å². The molecule has 0 amide bonds. The van der Waals surface area contributed by atoms with E-state index in [2.05, 4.69) is 128 Å². The molecule has 2 aromatic carbocycles. The summed E-state index contributed by atoms with van der Waals surface area (Å²) >= 11 is 0. The fraction of sp³-hybridized carbons (Fsp3) is 0.625. The maximum atomic E-state index is 11.7. The second kappa shape index (κ2) is 13.9. The van der Waals surface area contributed by atoms with Crippen molar-refractivity contribution in [3.63, 3.8) is 0 Å². The van der Waals surface area contributed by atoms with Gasteiger partial charge in [-0.15, -0.1) is 0 Å². The van der Waals surface area contributed by atoms with Gasteiger partial charge < -0.3 is 23.4 Å². The minimum Gasteiger partial charge on any atom is -0.463 e. The topological polar surface area (TPSA) is 63.2 Å². The average Bonchev–Trinajstić information content (AvgIpc) is 3.31. The lowest BCUT2D eigenvalue weighted by molar-refractivity contribution is -0.398. The molecule has 3 heterocycles. The lowest BCUT2D eigenvalue weighted by atomic mass is 9.77. The molecular weight excluding hydrogens is 605 g/mol. The maximum Gasteiger partial charge on any atom is 0.302 e. The molecule has 47 heavy (non-hydrogen) atoms. The molecule has 5 rings (SSSR count). The minimum absolute atomic E-state index is 0.0529. The molecule has 2 aromatic rings. The molecule has 3 aliphatic heterocycles. The van der Waals surface area contributed by atoms with E-state index in [4.69, 9.17) is 23.4 Å². The van der Waals surface area contributed by atoms with Crippen LogP contribution in [0.3, 0.4) is 0 Å². The highest BCUT2D eigenvalue weighted by Gasteiger charge is 2.61. The van der Waals surface area contributed by atoms with Crippen molar-refractivity contribution in [2.75, 3.05) is 13.2 Å². The predicted molar refractivity (Wildman–Crippen MR) is 190 cm³/mol. The molecule has 0 bridgehead atoms. The number of benzene rings is 2. The van der Waals surface area contributed by atoms with E-state index in [0.717, 1.165) is 25.7 Å². The number of carbonyl (C=O) groups excluding carboxylic acids is 1. The molecule has 7 heteroatoms. The normalized spacial score (nSPS) is 33.3. The molecule has 0 N–H and O–H groups in total. The zero-order valence-corrected chi connectivity index (χ0v) is 31.2. The predicted octanol–water partition coefficient (Wildman–Crippen LogP) is 7.79. The van der Waals surface area contributed by atoms with Crippen molar-refractivity contribution in [1.29, 1.82) is 0 Å². The Labute approximate surface area is 284 Å². The summed E-state index contributed by atoms with van der Waals surface area (Å²) in [4.78, 5) is 11.7. The van der Waals surface area contributed by atoms with E-state index >= 15 is 0 Å². The van der Waals surface area contributed by atoms with Gasteiger partial charge in [-0.25, -0.2) is 0 Å². The zero-order valence-electron chi connectivity index (χ0n) is 30.2. The Morgan fingerprint density at radius 2 is 1.57 bits per heavy atom. The van der Waals surface area contributed by atoms with Crippen LogP contribution in [0.25, 0.3) is 0 Å². The molecule has 258 valence electrons. The van der Waals surface area contributed by atoms with Gasteiger partial charge in [-0.3, -0.25) is 4.79 Å². The van der Waals surface area contributed by atoms with Gasteiger partial charge >= 0.3 is 5.97 Å². The molecule has 0 aromatic heterocycles. The lowest BCUT2D eigenvalue weighted by Crippen LogP contribution is -2.67. The van der Waals surface area contributed by atoms with Gasteiger partial charge in [0.2, 0.25) is 0 Å². The van der Waals surface area contributed by atoms with Crippen LogP contribution < -0.4 is 10.4 Å². The van der Waals surface area contributed by atoms with Crippen molar-refractivity contribution in [3.8, 4) is 0 Å². The molecule has 0 radical (unpaired) electrons. The van der Waals surface area contributed by atoms with E-state index in [1.807, 2.05) is 0 Å². The highest BCUT2D eigenvalue weighted by Crippen LogP contribution is 2.54. The molecule has 0 saturated carbocycles. The first-order chi connectivity index (χ1) is 22.3. The van der Waals surface area contributed by atoms with E-state index in [1.54, 1.807) is 0 Å². The van der Waals surface area contributed by atoms with E-state index in [1.165, 1.54) is 17.3 Å².